The number of rotatable bonds is 5. The Hall–Kier alpha value is -3.42. The van der Waals surface area contributed by atoms with Crippen molar-refractivity contribution in [2.24, 2.45) is 0 Å². The van der Waals surface area contributed by atoms with Gasteiger partial charge in [0.15, 0.2) is 11.5 Å². The Labute approximate surface area is 154 Å². The van der Waals surface area contributed by atoms with Gasteiger partial charge in [0.2, 0.25) is 11.9 Å². The molecule has 7 nitrogen and oxygen atoms in total. The van der Waals surface area contributed by atoms with E-state index in [1.54, 1.807) is 30.0 Å². The molecule has 0 radical (unpaired) electrons. The highest BCUT2D eigenvalue weighted by molar-refractivity contribution is 5.91. The van der Waals surface area contributed by atoms with Crippen molar-refractivity contribution in [1.82, 2.24) is 14.8 Å². The van der Waals surface area contributed by atoms with Crippen molar-refractivity contribution in [3.8, 4) is 11.5 Å². The van der Waals surface area contributed by atoms with Gasteiger partial charge in [-0.3, -0.25) is 10.1 Å². The van der Waals surface area contributed by atoms with Crippen molar-refractivity contribution in [1.29, 1.82) is 0 Å². The van der Waals surface area contributed by atoms with Crippen molar-refractivity contribution < 1.29 is 18.7 Å². The molecule has 1 aliphatic rings. The number of aromatic nitrogens is 3. The molecule has 1 amide bonds. The van der Waals surface area contributed by atoms with Gasteiger partial charge in [0.05, 0.1) is 19.6 Å². The number of methoxy groups -OCH3 is 1. The molecule has 0 saturated carbocycles. The maximum absolute atomic E-state index is 13.3. The summed E-state index contributed by atoms with van der Waals surface area (Å²) in [4.78, 5) is 16.0. The molecule has 1 atom stereocenters. The number of hydrogen-bond acceptors (Lipinski definition) is 5. The molecule has 138 valence electrons. The first-order valence-electron chi connectivity index (χ1n) is 8.38. The fourth-order valence-electron chi connectivity index (χ4n) is 3.06. The molecule has 2 aromatic carbocycles. The number of hydrogen-bond donors (Lipinski definition) is 1. The normalized spacial score (nSPS) is 15.8. The van der Waals surface area contributed by atoms with E-state index in [1.807, 2.05) is 12.1 Å². The summed E-state index contributed by atoms with van der Waals surface area (Å²) in [6, 6.07) is 11.4. The average Bonchev–Trinajstić information content (AvgIpc) is 3.14. The average molecular weight is 368 g/mol. The van der Waals surface area contributed by atoms with Crippen LogP contribution in [0.15, 0.2) is 48.8 Å². The summed E-state index contributed by atoms with van der Waals surface area (Å²) >= 11 is 0. The first kappa shape index (κ1) is 17.0. The summed E-state index contributed by atoms with van der Waals surface area (Å²) in [6.45, 7) is 0.215. The van der Waals surface area contributed by atoms with Crippen LogP contribution >= 0.6 is 0 Å². The van der Waals surface area contributed by atoms with E-state index in [0.29, 0.717) is 17.4 Å². The number of carbonyl (C=O) groups is 1. The number of nitrogens with zero attached hydrogens (tertiary/aromatic N) is 3. The first-order chi connectivity index (χ1) is 13.1. The zero-order valence-electron chi connectivity index (χ0n) is 14.6. The summed E-state index contributed by atoms with van der Waals surface area (Å²) in [5.74, 6) is 1.05. The van der Waals surface area contributed by atoms with Gasteiger partial charge in [0.1, 0.15) is 18.8 Å². The third-order valence-corrected chi connectivity index (χ3v) is 4.35. The van der Waals surface area contributed by atoms with Gasteiger partial charge < -0.3 is 9.47 Å². The smallest absolute Gasteiger partial charge is 0.229 e. The molecule has 0 saturated heterocycles. The van der Waals surface area contributed by atoms with Crippen LogP contribution in [0.3, 0.4) is 0 Å². The lowest BCUT2D eigenvalue weighted by Gasteiger charge is -2.24. The molecule has 0 bridgehead atoms. The van der Waals surface area contributed by atoms with E-state index in [2.05, 4.69) is 15.4 Å². The standard InChI is InChI=1S/C19H17FN4O3/c1-26-17-8-13(15-9-18(25)23-19-21-11-22-24(15)19)5-6-16(17)27-10-12-3-2-4-14(20)7-12/h2-8,11,15H,9-10H2,1H3,(H,21,22,23,25)/t15-/m0/s1. The van der Waals surface area contributed by atoms with Gasteiger partial charge in [-0.1, -0.05) is 18.2 Å². The molecule has 1 aliphatic heterocycles. The number of fused-ring (bicyclic) bond motifs is 1. The van der Waals surface area contributed by atoms with Gasteiger partial charge in [-0.25, -0.2) is 9.07 Å². The van der Waals surface area contributed by atoms with Crippen molar-refractivity contribution >= 4 is 11.9 Å². The molecule has 1 N–H and O–H groups in total. The molecule has 0 spiro atoms. The van der Waals surface area contributed by atoms with Gasteiger partial charge in [-0.2, -0.15) is 10.1 Å². The maximum atomic E-state index is 13.3. The fraction of sp³-hybridized carbons (Fsp3) is 0.211. The van der Waals surface area contributed by atoms with Gasteiger partial charge in [-0.15, -0.1) is 0 Å². The van der Waals surface area contributed by atoms with Crippen molar-refractivity contribution in [3.05, 3.63) is 65.7 Å². The van der Waals surface area contributed by atoms with Gasteiger partial charge in [0.25, 0.3) is 0 Å². The Morgan fingerprint density at radius 2 is 2.15 bits per heavy atom. The van der Waals surface area contributed by atoms with Gasteiger partial charge in [0, 0.05) is 0 Å². The SMILES string of the molecule is COc1cc([C@@H]2CC(=O)Nc3ncnn32)ccc1OCc1cccc(F)c1. The first-order valence-corrected chi connectivity index (χ1v) is 8.38. The number of amides is 1. The number of halogens is 1. The van der Waals surface area contributed by atoms with E-state index in [4.69, 9.17) is 9.47 Å². The van der Waals surface area contributed by atoms with Crippen LogP contribution < -0.4 is 14.8 Å². The molecule has 8 heteroatoms. The van der Waals surface area contributed by atoms with Crippen LogP contribution in [0.5, 0.6) is 11.5 Å². The van der Waals surface area contributed by atoms with E-state index in [9.17, 15) is 9.18 Å². The Bertz CT molecular complexity index is 989. The van der Waals surface area contributed by atoms with E-state index in [0.717, 1.165) is 11.1 Å². The maximum Gasteiger partial charge on any atom is 0.229 e. The number of anilines is 1. The van der Waals surface area contributed by atoms with Crippen LogP contribution in [-0.2, 0) is 11.4 Å². The summed E-state index contributed by atoms with van der Waals surface area (Å²) < 4.78 is 26.2. The Morgan fingerprint density at radius 3 is 2.96 bits per heavy atom. The summed E-state index contributed by atoms with van der Waals surface area (Å²) in [7, 11) is 1.54. The second-order valence-corrected chi connectivity index (χ2v) is 6.13. The van der Waals surface area contributed by atoms with Crippen LogP contribution in [0.4, 0.5) is 10.3 Å². The molecule has 4 rings (SSSR count). The zero-order valence-corrected chi connectivity index (χ0v) is 14.6. The zero-order chi connectivity index (χ0) is 18.8. The summed E-state index contributed by atoms with van der Waals surface area (Å²) in [5.41, 5.74) is 1.57. The van der Waals surface area contributed by atoms with E-state index >= 15 is 0 Å². The van der Waals surface area contributed by atoms with Crippen LogP contribution in [0.2, 0.25) is 0 Å². The lowest BCUT2D eigenvalue weighted by atomic mass is 10.0. The highest BCUT2D eigenvalue weighted by Crippen LogP contribution is 2.35. The molecule has 3 aromatic rings. The topological polar surface area (TPSA) is 78.3 Å². The number of nitrogens with one attached hydrogen (secondary N) is 1. The predicted octanol–water partition coefficient (Wildman–Crippen LogP) is 2.94. The monoisotopic (exact) mass is 368 g/mol. The quantitative estimate of drug-likeness (QED) is 0.749. The molecule has 0 fully saturated rings. The molecule has 27 heavy (non-hydrogen) atoms. The molecular weight excluding hydrogens is 351 g/mol. The van der Waals surface area contributed by atoms with Crippen LogP contribution in [-0.4, -0.2) is 27.8 Å². The predicted molar refractivity (Wildman–Crippen MR) is 95.1 cm³/mol. The number of benzene rings is 2. The minimum absolute atomic E-state index is 0.120. The molecule has 0 aliphatic carbocycles. The lowest BCUT2D eigenvalue weighted by Crippen LogP contribution is -2.29. The Morgan fingerprint density at radius 1 is 1.26 bits per heavy atom. The number of carbonyl (C=O) groups excluding carboxylic acids is 1. The van der Waals surface area contributed by atoms with Crippen LogP contribution in [0, 0.1) is 5.82 Å². The third kappa shape index (κ3) is 3.46. The van der Waals surface area contributed by atoms with Crippen molar-refractivity contribution in [2.75, 3.05) is 12.4 Å². The number of ether oxygens (including phenoxy) is 2. The lowest BCUT2D eigenvalue weighted by molar-refractivity contribution is -0.117. The molecule has 2 heterocycles. The second kappa shape index (κ2) is 7.06. The summed E-state index contributed by atoms with van der Waals surface area (Å²) in [6.07, 6.45) is 1.66. The largest absolute Gasteiger partial charge is 0.493 e. The molecular formula is C19H17FN4O3. The minimum atomic E-state index is -0.308. The van der Waals surface area contributed by atoms with Crippen LogP contribution in [0.1, 0.15) is 23.6 Å². The molecule has 0 unspecified atom stereocenters. The van der Waals surface area contributed by atoms with Gasteiger partial charge in [-0.05, 0) is 35.4 Å². The summed E-state index contributed by atoms with van der Waals surface area (Å²) in [5, 5.41) is 6.88. The van der Waals surface area contributed by atoms with E-state index < -0.39 is 0 Å². The second-order valence-electron chi connectivity index (χ2n) is 6.13. The third-order valence-electron chi connectivity index (χ3n) is 4.35. The highest BCUT2D eigenvalue weighted by Gasteiger charge is 2.28. The van der Waals surface area contributed by atoms with Gasteiger partial charge >= 0.3 is 0 Å². The highest BCUT2D eigenvalue weighted by atomic mass is 19.1. The van der Waals surface area contributed by atoms with Crippen molar-refractivity contribution in [2.45, 2.75) is 19.1 Å². The van der Waals surface area contributed by atoms with Crippen molar-refractivity contribution in [3.63, 3.8) is 0 Å². The van der Waals surface area contributed by atoms with E-state index in [-0.39, 0.29) is 30.8 Å². The fourth-order valence-corrected chi connectivity index (χ4v) is 3.06. The molecule has 1 aromatic heterocycles. The minimum Gasteiger partial charge on any atom is -0.493 e. The van der Waals surface area contributed by atoms with E-state index in [1.165, 1.54) is 18.5 Å². The van der Waals surface area contributed by atoms with Crippen LogP contribution in [0.25, 0.3) is 0 Å². The Kier molecular flexibility index (Phi) is 4.45. The Balaban J connectivity index is 1.58.